The monoisotopic (exact) mass is 290 g/mol. The van der Waals surface area contributed by atoms with Gasteiger partial charge in [0.05, 0.1) is 5.56 Å². The fraction of sp³-hybridized carbons (Fsp3) is 0.143. The molecule has 0 radical (unpaired) electrons. The van der Waals surface area contributed by atoms with Gasteiger partial charge < -0.3 is 10.4 Å². The number of benzene rings is 1. The Balaban J connectivity index is 2.05. The molecule has 0 bridgehead atoms. The summed E-state index contributed by atoms with van der Waals surface area (Å²) in [5.74, 6) is -1.06. The minimum Gasteiger partial charge on any atom is -0.478 e. The number of carboxylic acid groups (broad SMARTS) is 1. The molecule has 0 unspecified atom stereocenters. The van der Waals surface area contributed by atoms with Crippen molar-refractivity contribution in [3.05, 3.63) is 46.8 Å². The molecule has 0 atom stereocenters. The molecule has 1 heterocycles. The Bertz CT molecular complexity index is 637. The highest BCUT2D eigenvalue weighted by Crippen LogP contribution is 2.23. The summed E-state index contributed by atoms with van der Waals surface area (Å²) in [4.78, 5) is 22.8. The van der Waals surface area contributed by atoms with E-state index >= 15 is 0 Å². The smallest absolute Gasteiger partial charge is 0.338 e. The third-order valence-corrected chi connectivity index (χ3v) is 3.55. The van der Waals surface area contributed by atoms with Crippen LogP contribution in [0.15, 0.2) is 35.7 Å². The summed E-state index contributed by atoms with van der Waals surface area (Å²) in [6.07, 6.45) is 0.880. The SMILES string of the molecule is CCc1cccc(NC(=O)Nc2sccc2C(=O)O)c1. The van der Waals surface area contributed by atoms with E-state index in [1.807, 2.05) is 25.1 Å². The van der Waals surface area contributed by atoms with Crippen molar-refractivity contribution >= 4 is 34.0 Å². The summed E-state index contributed by atoms with van der Waals surface area (Å²) >= 11 is 1.17. The standard InChI is InChI=1S/C14H14N2O3S/c1-2-9-4-3-5-10(8-9)15-14(19)16-12-11(13(17)18)6-7-20-12/h3-8H,2H2,1H3,(H,17,18)(H2,15,16,19). The maximum atomic E-state index is 11.8. The Kier molecular flexibility index (Phi) is 4.37. The van der Waals surface area contributed by atoms with Crippen molar-refractivity contribution in [2.45, 2.75) is 13.3 Å². The number of thiophene rings is 1. The summed E-state index contributed by atoms with van der Waals surface area (Å²) in [7, 11) is 0. The summed E-state index contributed by atoms with van der Waals surface area (Å²) in [5, 5.41) is 16.1. The van der Waals surface area contributed by atoms with Crippen molar-refractivity contribution in [2.75, 3.05) is 10.6 Å². The molecule has 0 saturated heterocycles. The largest absolute Gasteiger partial charge is 0.478 e. The van der Waals surface area contributed by atoms with Crippen LogP contribution in [0.4, 0.5) is 15.5 Å². The van der Waals surface area contributed by atoms with Gasteiger partial charge in [-0.3, -0.25) is 5.32 Å². The maximum absolute atomic E-state index is 11.8. The second-order valence-electron chi connectivity index (χ2n) is 4.10. The number of amides is 2. The van der Waals surface area contributed by atoms with Crippen molar-refractivity contribution in [1.82, 2.24) is 0 Å². The Labute approximate surface area is 120 Å². The number of carbonyl (C=O) groups is 2. The number of anilines is 2. The molecule has 1 aromatic heterocycles. The van der Waals surface area contributed by atoms with Gasteiger partial charge in [-0.2, -0.15) is 0 Å². The van der Waals surface area contributed by atoms with Crippen molar-refractivity contribution in [3.63, 3.8) is 0 Å². The van der Waals surface area contributed by atoms with E-state index in [1.54, 1.807) is 11.4 Å². The lowest BCUT2D eigenvalue weighted by Crippen LogP contribution is -2.20. The number of urea groups is 1. The van der Waals surface area contributed by atoms with Crippen LogP contribution in [0.5, 0.6) is 0 Å². The Morgan fingerprint density at radius 2 is 2.05 bits per heavy atom. The number of rotatable bonds is 4. The number of hydrogen-bond acceptors (Lipinski definition) is 3. The number of aryl methyl sites for hydroxylation is 1. The first-order valence-corrected chi connectivity index (χ1v) is 6.96. The summed E-state index contributed by atoms with van der Waals surface area (Å²) in [6, 6.07) is 8.51. The second kappa shape index (κ2) is 6.21. The zero-order valence-corrected chi connectivity index (χ0v) is 11.7. The molecule has 0 aliphatic heterocycles. The fourth-order valence-electron chi connectivity index (χ4n) is 1.71. The lowest BCUT2D eigenvalue weighted by Gasteiger charge is -2.08. The van der Waals surface area contributed by atoms with Gasteiger partial charge in [0.2, 0.25) is 0 Å². The highest BCUT2D eigenvalue weighted by Gasteiger charge is 2.13. The van der Waals surface area contributed by atoms with Crippen LogP contribution in [0.1, 0.15) is 22.8 Å². The molecule has 5 nitrogen and oxygen atoms in total. The topological polar surface area (TPSA) is 78.4 Å². The number of carbonyl (C=O) groups excluding carboxylic acids is 1. The number of carboxylic acids is 1. The van der Waals surface area contributed by atoms with Crippen LogP contribution in [0, 0.1) is 0 Å². The van der Waals surface area contributed by atoms with Crippen LogP contribution in [0.25, 0.3) is 0 Å². The molecule has 0 fully saturated rings. The van der Waals surface area contributed by atoms with Crippen LogP contribution in [0.2, 0.25) is 0 Å². The molecule has 2 aromatic rings. The Hall–Kier alpha value is -2.34. The molecule has 0 spiro atoms. The first kappa shape index (κ1) is 14.1. The Morgan fingerprint density at radius 3 is 2.75 bits per heavy atom. The van der Waals surface area contributed by atoms with Crippen LogP contribution >= 0.6 is 11.3 Å². The average molecular weight is 290 g/mol. The van der Waals surface area contributed by atoms with Crippen molar-refractivity contribution in [2.24, 2.45) is 0 Å². The van der Waals surface area contributed by atoms with Crippen molar-refractivity contribution < 1.29 is 14.7 Å². The first-order chi connectivity index (χ1) is 9.60. The van der Waals surface area contributed by atoms with Crippen LogP contribution in [0.3, 0.4) is 0 Å². The lowest BCUT2D eigenvalue weighted by molar-refractivity contribution is 0.0698. The van der Waals surface area contributed by atoms with E-state index in [4.69, 9.17) is 5.11 Å². The zero-order chi connectivity index (χ0) is 14.5. The van der Waals surface area contributed by atoms with E-state index in [0.29, 0.717) is 10.7 Å². The zero-order valence-electron chi connectivity index (χ0n) is 10.8. The predicted molar refractivity (Wildman–Crippen MR) is 79.7 cm³/mol. The molecular weight excluding hydrogens is 276 g/mol. The minimum absolute atomic E-state index is 0.0902. The van der Waals surface area contributed by atoms with Gasteiger partial charge in [-0.25, -0.2) is 9.59 Å². The normalized spacial score (nSPS) is 10.1. The lowest BCUT2D eigenvalue weighted by atomic mass is 10.1. The second-order valence-corrected chi connectivity index (χ2v) is 5.02. The first-order valence-electron chi connectivity index (χ1n) is 6.08. The van der Waals surface area contributed by atoms with E-state index < -0.39 is 12.0 Å². The summed E-state index contributed by atoms with van der Waals surface area (Å²) < 4.78 is 0. The highest BCUT2D eigenvalue weighted by atomic mass is 32.1. The van der Waals surface area contributed by atoms with Gasteiger partial charge in [0.1, 0.15) is 5.00 Å². The molecule has 6 heteroatoms. The summed E-state index contributed by atoms with van der Waals surface area (Å²) in [5.41, 5.74) is 1.88. The van der Waals surface area contributed by atoms with E-state index in [-0.39, 0.29) is 5.56 Å². The molecule has 104 valence electrons. The summed E-state index contributed by atoms with van der Waals surface area (Å²) in [6.45, 7) is 2.03. The predicted octanol–water partition coefficient (Wildman–Crippen LogP) is 3.65. The number of hydrogen-bond donors (Lipinski definition) is 3. The van der Waals surface area contributed by atoms with E-state index in [9.17, 15) is 9.59 Å². The molecule has 20 heavy (non-hydrogen) atoms. The Morgan fingerprint density at radius 1 is 1.25 bits per heavy atom. The minimum atomic E-state index is -1.06. The fourth-order valence-corrected chi connectivity index (χ4v) is 2.48. The molecule has 0 aliphatic carbocycles. The molecule has 2 rings (SSSR count). The van der Waals surface area contributed by atoms with Gasteiger partial charge >= 0.3 is 12.0 Å². The van der Waals surface area contributed by atoms with Crippen LogP contribution < -0.4 is 10.6 Å². The molecular formula is C14H14N2O3S. The third kappa shape index (κ3) is 3.36. The van der Waals surface area contributed by atoms with Crippen LogP contribution in [-0.2, 0) is 6.42 Å². The van der Waals surface area contributed by atoms with Crippen LogP contribution in [-0.4, -0.2) is 17.1 Å². The molecule has 1 aromatic carbocycles. The average Bonchev–Trinajstić information content (AvgIpc) is 2.87. The van der Waals surface area contributed by atoms with E-state index in [2.05, 4.69) is 10.6 Å². The van der Waals surface area contributed by atoms with Gasteiger partial charge in [0.15, 0.2) is 0 Å². The quantitative estimate of drug-likeness (QED) is 0.804. The maximum Gasteiger partial charge on any atom is 0.338 e. The number of aromatic carboxylic acids is 1. The number of nitrogens with one attached hydrogen (secondary N) is 2. The molecule has 0 saturated carbocycles. The van der Waals surface area contributed by atoms with Gasteiger partial charge in [0, 0.05) is 5.69 Å². The highest BCUT2D eigenvalue weighted by molar-refractivity contribution is 7.14. The third-order valence-electron chi connectivity index (χ3n) is 2.72. The van der Waals surface area contributed by atoms with E-state index in [1.165, 1.54) is 17.4 Å². The molecule has 0 aliphatic rings. The van der Waals surface area contributed by atoms with E-state index in [0.717, 1.165) is 12.0 Å². The van der Waals surface area contributed by atoms with Gasteiger partial charge in [-0.05, 0) is 35.6 Å². The van der Waals surface area contributed by atoms with Gasteiger partial charge in [0.25, 0.3) is 0 Å². The van der Waals surface area contributed by atoms with Crippen molar-refractivity contribution in [3.8, 4) is 0 Å². The van der Waals surface area contributed by atoms with Gasteiger partial charge in [-0.1, -0.05) is 19.1 Å². The molecule has 2 amide bonds. The molecule has 3 N–H and O–H groups in total. The van der Waals surface area contributed by atoms with Gasteiger partial charge in [-0.15, -0.1) is 11.3 Å². The van der Waals surface area contributed by atoms with Crippen molar-refractivity contribution in [1.29, 1.82) is 0 Å².